The predicted molar refractivity (Wildman–Crippen MR) is 79.5 cm³/mol. The summed E-state index contributed by atoms with van der Waals surface area (Å²) in [4.78, 5) is 23.6. The minimum atomic E-state index is -0.939. The average Bonchev–Trinajstić information content (AvgIpc) is 2.46. The molecule has 0 bridgehead atoms. The Bertz CT molecular complexity index is 478. The molecule has 6 nitrogen and oxygen atoms in total. The number of rotatable bonds is 7. The van der Waals surface area contributed by atoms with Crippen LogP contribution in [-0.2, 0) is 9.53 Å². The third kappa shape index (κ3) is 6.01. The van der Waals surface area contributed by atoms with E-state index in [1.165, 1.54) is 4.90 Å². The summed E-state index contributed by atoms with van der Waals surface area (Å²) >= 11 is 5.82. The number of aliphatic carboxylic acids is 1. The van der Waals surface area contributed by atoms with E-state index in [1.807, 2.05) is 12.1 Å². The predicted octanol–water partition coefficient (Wildman–Crippen LogP) is 2.14. The van der Waals surface area contributed by atoms with Gasteiger partial charge in [-0.1, -0.05) is 23.7 Å². The van der Waals surface area contributed by atoms with Crippen LogP contribution in [0.4, 0.5) is 4.79 Å². The van der Waals surface area contributed by atoms with Gasteiger partial charge in [0, 0.05) is 32.3 Å². The molecule has 1 aromatic carbocycles. The highest BCUT2D eigenvalue weighted by atomic mass is 35.5. The summed E-state index contributed by atoms with van der Waals surface area (Å²) in [5, 5.41) is 11.9. The number of carboxylic acids is 1. The maximum Gasteiger partial charge on any atom is 0.317 e. The van der Waals surface area contributed by atoms with Gasteiger partial charge in [-0.2, -0.15) is 0 Å². The van der Waals surface area contributed by atoms with Crippen molar-refractivity contribution in [2.45, 2.75) is 12.5 Å². The van der Waals surface area contributed by atoms with Crippen LogP contribution in [0.2, 0.25) is 5.02 Å². The Morgan fingerprint density at radius 3 is 2.52 bits per heavy atom. The number of nitrogens with one attached hydrogen (secondary N) is 1. The topological polar surface area (TPSA) is 78.9 Å². The third-order valence-corrected chi connectivity index (χ3v) is 3.22. The van der Waals surface area contributed by atoms with Crippen LogP contribution in [0.15, 0.2) is 24.3 Å². The summed E-state index contributed by atoms with van der Waals surface area (Å²) in [6.45, 7) is 0.439. The highest BCUT2D eigenvalue weighted by Crippen LogP contribution is 2.18. The number of methoxy groups -OCH3 is 1. The first kappa shape index (κ1) is 17.3. The second kappa shape index (κ2) is 8.49. The number of ether oxygens (including phenoxy) is 1. The van der Waals surface area contributed by atoms with Crippen molar-refractivity contribution < 1.29 is 19.4 Å². The molecule has 1 rings (SSSR count). The van der Waals surface area contributed by atoms with Crippen molar-refractivity contribution in [3.05, 3.63) is 34.9 Å². The maximum atomic E-state index is 11.8. The first-order valence-corrected chi connectivity index (χ1v) is 6.81. The van der Waals surface area contributed by atoms with Gasteiger partial charge in [0.05, 0.1) is 12.5 Å². The van der Waals surface area contributed by atoms with Crippen molar-refractivity contribution in [1.29, 1.82) is 0 Å². The number of carbonyl (C=O) groups is 2. The third-order valence-electron chi connectivity index (χ3n) is 2.97. The molecule has 0 saturated carbocycles. The van der Waals surface area contributed by atoms with Gasteiger partial charge in [-0.25, -0.2) is 4.79 Å². The van der Waals surface area contributed by atoms with E-state index in [0.29, 0.717) is 5.02 Å². The lowest BCUT2D eigenvalue weighted by Crippen LogP contribution is -2.40. The zero-order valence-electron chi connectivity index (χ0n) is 12.0. The SMILES string of the molecule is COC(CNC(=O)N(C)CCC(=O)O)c1ccc(Cl)cc1. The number of hydrogen-bond donors (Lipinski definition) is 2. The van der Waals surface area contributed by atoms with Gasteiger partial charge in [0.2, 0.25) is 0 Å². The molecule has 2 amide bonds. The van der Waals surface area contributed by atoms with E-state index >= 15 is 0 Å². The first-order valence-electron chi connectivity index (χ1n) is 6.43. The fourth-order valence-electron chi connectivity index (χ4n) is 1.69. The van der Waals surface area contributed by atoms with Gasteiger partial charge in [-0.3, -0.25) is 4.79 Å². The zero-order valence-corrected chi connectivity index (χ0v) is 12.8. The van der Waals surface area contributed by atoms with Crippen molar-refractivity contribution in [2.75, 3.05) is 27.2 Å². The van der Waals surface area contributed by atoms with Crippen molar-refractivity contribution in [3.63, 3.8) is 0 Å². The molecule has 1 unspecified atom stereocenters. The number of carbonyl (C=O) groups excluding carboxylic acids is 1. The van der Waals surface area contributed by atoms with Crippen LogP contribution in [-0.4, -0.2) is 49.3 Å². The van der Waals surface area contributed by atoms with E-state index in [4.69, 9.17) is 21.4 Å². The summed E-state index contributed by atoms with van der Waals surface area (Å²) in [5.41, 5.74) is 0.899. The summed E-state index contributed by atoms with van der Waals surface area (Å²) in [5.74, 6) is -0.939. The molecular formula is C14H19ClN2O4. The minimum Gasteiger partial charge on any atom is -0.481 e. The number of urea groups is 1. The molecular weight excluding hydrogens is 296 g/mol. The second-order valence-electron chi connectivity index (χ2n) is 4.53. The number of halogens is 1. The molecule has 116 valence electrons. The molecule has 0 aliphatic carbocycles. The second-order valence-corrected chi connectivity index (χ2v) is 4.96. The van der Waals surface area contributed by atoms with Crippen LogP contribution >= 0.6 is 11.6 Å². The highest BCUT2D eigenvalue weighted by molar-refractivity contribution is 6.30. The monoisotopic (exact) mass is 314 g/mol. The van der Waals surface area contributed by atoms with Crippen LogP contribution < -0.4 is 5.32 Å². The van der Waals surface area contributed by atoms with Crippen molar-refractivity contribution in [1.82, 2.24) is 10.2 Å². The molecule has 0 saturated heterocycles. The van der Waals surface area contributed by atoms with Crippen molar-refractivity contribution in [2.24, 2.45) is 0 Å². The highest BCUT2D eigenvalue weighted by Gasteiger charge is 2.14. The van der Waals surface area contributed by atoms with E-state index in [0.717, 1.165) is 5.56 Å². The average molecular weight is 315 g/mol. The number of carboxylic acid groups (broad SMARTS) is 1. The zero-order chi connectivity index (χ0) is 15.8. The maximum absolute atomic E-state index is 11.8. The van der Waals surface area contributed by atoms with E-state index in [2.05, 4.69) is 5.32 Å². The van der Waals surface area contributed by atoms with Crippen LogP contribution in [0.3, 0.4) is 0 Å². The molecule has 0 spiro atoms. The van der Waals surface area contributed by atoms with Crippen molar-refractivity contribution >= 4 is 23.6 Å². The van der Waals surface area contributed by atoms with E-state index in [9.17, 15) is 9.59 Å². The molecule has 1 atom stereocenters. The lowest BCUT2D eigenvalue weighted by molar-refractivity contribution is -0.137. The van der Waals surface area contributed by atoms with E-state index in [-0.39, 0.29) is 31.6 Å². The molecule has 0 fully saturated rings. The van der Waals surface area contributed by atoms with Gasteiger partial charge in [-0.05, 0) is 17.7 Å². The summed E-state index contributed by atoms with van der Waals surface area (Å²) in [6.07, 6.45) is -0.381. The largest absolute Gasteiger partial charge is 0.481 e. The molecule has 0 aliphatic rings. The Labute approximate surface area is 128 Å². The number of nitrogens with zero attached hydrogens (tertiary/aromatic N) is 1. The summed E-state index contributed by atoms with van der Waals surface area (Å²) in [7, 11) is 3.10. The van der Waals surface area contributed by atoms with Crippen LogP contribution in [0, 0.1) is 0 Å². The molecule has 0 aliphatic heterocycles. The Morgan fingerprint density at radius 2 is 2.00 bits per heavy atom. The van der Waals surface area contributed by atoms with Gasteiger partial charge in [-0.15, -0.1) is 0 Å². The molecule has 1 aromatic rings. The number of amides is 2. The van der Waals surface area contributed by atoms with Gasteiger partial charge < -0.3 is 20.1 Å². The van der Waals surface area contributed by atoms with Gasteiger partial charge in [0.1, 0.15) is 0 Å². The molecule has 0 heterocycles. The Kier molecular flexibility index (Phi) is 6.98. The Morgan fingerprint density at radius 1 is 1.38 bits per heavy atom. The molecule has 7 heteroatoms. The van der Waals surface area contributed by atoms with Crippen molar-refractivity contribution in [3.8, 4) is 0 Å². The summed E-state index contributed by atoms with van der Waals surface area (Å²) < 4.78 is 5.33. The Balaban J connectivity index is 2.49. The lowest BCUT2D eigenvalue weighted by atomic mass is 10.1. The smallest absolute Gasteiger partial charge is 0.317 e. The van der Waals surface area contributed by atoms with Gasteiger partial charge in [0.15, 0.2) is 0 Å². The first-order chi connectivity index (χ1) is 9.93. The molecule has 2 N–H and O–H groups in total. The van der Waals surface area contributed by atoms with E-state index < -0.39 is 5.97 Å². The van der Waals surface area contributed by atoms with Gasteiger partial charge >= 0.3 is 12.0 Å². The fraction of sp³-hybridized carbons (Fsp3) is 0.429. The fourth-order valence-corrected chi connectivity index (χ4v) is 1.82. The van der Waals surface area contributed by atoms with Crippen LogP contribution in [0.25, 0.3) is 0 Å². The van der Waals surface area contributed by atoms with Crippen LogP contribution in [0.5, 0.6) is 0 Å². The summed E-state index contributed by atoms with van der Waals surface area (Å²) in [6, 6.07) is 6.83. The standard InChI is InChI=1S/C14H19ClN2O4/c1-17(8-7-13(18)19)14(20)16-9-12(21-2)10-3-5-11(15)6-4-10/h3-6,12H,7-9H2,1-2H3,(H,16,20)(H,18,19). The molecule has 0 radical (unpaired) electrons. The van der Waals surface area contributed by atoms with E-state index in [1.54, 1.807) is 26.3 Å². The Hall–Kier alpha value is -1.79. The lowest BCUT2D eigenvalue weighted by Gasteiger charge is -2.20. The number of hydrogen-bond acceptors (Lipinski definition) is 3. The van der Waals surface area contributed by atoms with Crippen LogP contribution in [0.1, 0.15) is 18.1 Å². The quantitative estimate of drug-likeness (QED) is 0.808. The normalized spacial score (nSPS) is 11.8. The molecule has 21 heavy (non-hydrogen) atoms. The van der Waals surface area contributed by atoms with Gasteiger partial charge in [0.25, 0.3) is 0 Å². The minimum absolute atomic E-state index is 0.0885. The molecule has 0 aromatic heterocycles. The number of benzene rings is 1.